The summed E-state index contributed by atoms with van der Waals surface area (Å²) in [6.07, 6.45) is 6.72. The van der Waals surface area contributed by atoms with E-state index in [9.17, 15) is 9.90 Å². The number of H-pyrrole nitrogens is 1. The second kappa shape index (κ2) is 7.00. The summed E-state index contributed by atoms with van der Waals surface area (Å²) in [5, 5.41) is 10.00. The zero-order chi connectivity index (χ0) is 17.2. The molecular weight excluding hydrogens is 314 g/mol. The van der Waals surface area contributed by atoms with Crippen LogP contribution < -0.4 is 5.56 Å². The average Bonchev–Trinajstić information content (AvgIpc) is 2.64. The van der Waals surface area contributed by atoms with Crippen LogP contribution in [0.4, 0.5) is 0 Å². The summed E-state index contributed by atoms with van der Waals surface area (Å²) in [6, 6.07) is 7.44. The quantitative estimate of drug-likeness (QED) is 0.902. The van der Waals surface area contributed by atoms with Gasteiger partial charge in [0.05, 0.1) is 5.69 Å². The maximum Gasteiger partial charge on any atom is 0.254 e. The SMILES string of the molecule is O=c1[nH]c(C2CCCCC2)nc2c1CCN(Cc1ccccc1O)C2. The van der Waals surface area contributed by atoms with Crippen molar-refractivity contribution in [1.29, 1.82) is 0 Å². The standard InChI is InChI=1S/C20H25N3O2/c24-18-9-5-4-8-15(18)12-23-11-10-16-17(13-23)21-19(22-20(16)25)14-6-2-1-3-7-14/h4-5,8-9,14,24H,1-3,6-7,10-13H2,(H,21,22,25). The maximum absolute atomic E-state index is 12.5. The second-order valence-corrected chi connectivity index (χ2v) is 7.30. The van der Waals surface area contributed by atoms with E-state index >= 15 is 0 Å². The molecule has 132 valence electrons. The Hall–Kier alpha value is -2.14. The topological polar surface area (TPSA) is 69.2 Å². The van der Waals surface area contributed by atoms with Crippen LogP contribution in [0.2, 0.25) is 0 Å². The van der Waals surface area contributed by atoms with Gasteiger partial charge in [-0.2, -0.15) is 0 Å². The van der Waals surface area contributed by atoms with Gasteiger partial charge in [-0.15, -0.1) is 0 Å². The largest absolute Gasteiger partial charge is 0.508 e. The molecule has 1 aliphatic carbocycles. The van der Waals surface area contributed by atoms with E-state index in [2.05, 4.69) is 9.88 Å². The summed E-state index contributed by atoms with van der Waals surface area (Å²) in [5.41, 5.74) is 2.73. The smallest absolute Gasteiger partial charge is 0.254 e. The molecule has 0 spiro atoms. The number of fused-ring (bicyclic) bond motifs is 1. The molecular formula is C20H25N3O2. The molecule has 1 aromatic heterocycles. The number of phenolic OH excluding ortho intramolecular Hbond substituents is 1. The molecule has 1 fully saturated rings. The van der Waals surface area contributed by atoms with E-state index in [1.165, 1.54) is 19.3 Å². The number of para-hydroxylation sites is 1. The zero-order valence-corrected chi connectivity index (χ0v) is 14.5. The molecule has 5 nitrogen and oxygen atoms in total. The number of aromatic hydroxyl groups is 1. The first-order valence-electron chi connectivity index (χ1n) is 9.32. The van der Waals surface area contributed by atoms with Crippen LogP contribution in [0.5, 0.6) is 5.75 Å². The number of aromatic amines is 1. The second-order valence-electron chi connectivity index (χ2n) is 7.30. The highest BCUT2D eigenvalue weighted by atomic mass is 16.3. The van der Waals surface area contributed by atoms with Gasteiger partial charge in [-0.1, -0.05) is 37.5 Å². The highest BCUT2D eigenvalue weighted by Gasteiger charge is 2.24. The lowest BCUT2D eigenvalue weighted by Crippen LogP contribution is -2.35. The summed E-state index contributed by atoms with van der Waals surface area (Å²) in [6.45, 7) is 2.17. The van der Waals surface area contributed by atoms with Crippen LogP contribution in [0.1, 0.15) is 60.7 Å². The van der Waals surface area contributed by atoms with E-state index in [-0.39, 0.29) is 5.56 Å². The van der Waals surface area contributed by atoms with Gasteiger partial charge in [0.2, 0.25) is 0 Å². The minimum absolute atomic E-state index is 0.0489. The number of phenols is 1. The van der Waals surface area contributed by atoms with Crippen molar-refractivity contribution in [3.8, 4) is 5.75 Å². The summed E-state index contributed by atoms with van der Waals surface area (Å²) in [7, 11) is 0. The molecule has 2 aromatic rings. The van der Waals surface area contributed by atoms with Crippen LogP contribution in [0.25, 0.3) is 0 Å². The number of hydrogen-bond donors (Lipinski definition) is 2. The molecule has 0 atom stereocenters. The summed E-state index contributed by atoms with van der Waals surface area (Å²) < 4.78 is 0. The monoisotopic (exact) mass is 339 g/mol. The lowest BCUT2D eigenvalue weighted by molar-refractivity contribution is 0.236. The fourth-order valence-corrected chi connectivity index (χ4v) is 4.10. The lowest BCUT2D eigenvalue weighted by Gasteiger charge is -2.29. The minimum Gasteiger partial charge on any atom is -0.508 e. The number of benzene rings is 1. The molecule has 1 aromatic carbocycles. The zero-order valence-electron chi connectivity index (χ0n) is 14.5. The van der Waals surface area contributed by atoms with E-state index in [1.807, 2.05) is 18.2 Å². The Kier molecular flexibility index (Phi) is 4.57. The maximum atomic E-state index is 12.5. The Labute approximate surface area is 147 Å². The molecule has 1 saturated carbocycles. The van der Waals surface area contributed by atoms with Gasteiger partial charge in [-0.3, -0.25) is 9.69 Å². The Bertz CT molecular complexity index is 809. The molecule has 2 heterocycles. The van der Waals surface area contributed by atoms with Gasteiger partial charge in [-0.05, 0) is 25.3 Å². The number of hydrogen-bond acceptors (Lipinski definition) is 4. The van der Waals surface area contributed by atoms with Crippen LogP contribution in [-0.4, -0.2) is 26.5 Å². The van der Waals surface area contributed by atoms with E-state index < -0.39 is 0 Å². The molecule has 0 radical (unpaired) electrons. The Morgan fingerprint density at radius 3 is 2.80 bits per heavy atom. The van der Waals surface area contributed by atoms with Crippen molar-refractivity contribution in [3.05, 3.63) is 57.3 Å². The van der Waals surface area contributed by atoms with Gasteiger partial charge in [0.15, 0.2) is 0 Å². The van der Waals surface area contributed by atoms with Crippen LogP contribution in [0.15, 0.2) is 29.1 Å². The van der Waals surface area contributed by atoms with Gasteiger partial charge in [0.25, 0.3) is 5.56 Å². The normalized spacial score (nSPS) is 18.9. The van der Waals surface area contributed by atoms with Gasteiger partial charge in [-0.25, -0.2) is 4.98 Å². The summed E-state index contributed by atoms with van der Waals surface area (Å²) in [4.78, 5) is 22.7. The third kappa shape index (κ3) is 3.47. The fourth-order valence-electron chi connectivity index (χ4n) is 4.10. The molecule has 2 aliphatic rings. The lowest BCUT2D eigenvalue weighted by atomic mass is 9.88. The first-order valence-corrected chi connectivity index (χ1v) is 9.32. The molecule has 0 bridgehead atoms. The average molecular weight is 339 g/mol. The third-order valence-electron chi connectivity index (χ3n) is 5.55. The first kappa shape index (κ1) is 16.3. The van der Waals surface area contributed by atoms with Gasteiger partial charge < -0.3 is 10.1 Å². The molecule has 4 rings (SSSR count). The van der Waals surface area contributed by atoms with E-state index in [4.69, 9.17) is 4.98 Å². The van der Waals surface area contributed by atoms with Gasteiger partial charge >= 0.3 is 0 Å². The first-order chi connectivity index (χ1) is 12.2. The fraction of sp³-hybridized carbons (Fsp3) is 0.500. The minimum atomic E-state index is 0.0489. The molecule has 1 aliphatic heterocycles. The Morgan fingerprint density at radius 2 is 2.00 bits per heavy atom. The van der Waals surface area contributed by atoms with Crippen LogP contribution in [-0.2, 0) is 19.5 Å². The Balaban J connectivity index is 1.56. The number of aromatic nitrogens is 2. The van der Waals surface area contributed by atoms with Crippen molar-refractivity contribution in [2.24, 2.45) is 0 Å². The Morgan fingerprint density at radius 1 is 1.20 bits per heavy atom. The predicted octanol–water partition coefficient (Wildman–Crippen LogP) is 3.08. The van der Waals surface area contributed by atoms with Crippen molar-refractivity contribution in [2.75, 3.05) is 6.54 Å². The molecule has 0 saturated heterocycles. The van der Waals surface area contributed by atoms with E-state index in [0.717, 1.165) is 48.5 Å². The molecule has 0 unspecified atom stereocenters. The summed E-state index contributed by atoms with van der Waals surface area (Å²) in [5.74, 6) is 1.61. The van der Waals surface area contributed by atoms with Gasteiger partial charge in [0, 0.05) is 36.7 Å². The van der Waals surface area contributed by atoms with Crippen LogP contribution >= 0.6 is 0 Å². The molecule has 25 heavy (non-hydrogen) atoms. The summed E-state index contributed by atoms with van der Waals surface area (Å²) >= 11 is 0. The van der Waals surface area contributed by atoms with E-state index in [1.54, 1.807) is 6.07 Å². The van der Waals surface area contributed by atoms with Crippen molar-refractivity contribution in [3.63, 3.8) is 0 Å². The molecule has 0 amide bonds. The highest BCUT2D eigenvalue weighted by Crippen LogP contribution is 2.31. The van der Waals surface area contributed by atoms with Crippen molar-refractivity contribution < 1.29 is 5.11 Å². The number of nitrogens with one attached hydrogen (secondary N) is 1. The van der Waals surface area contributed by atoms with Crippen molar-refractivity contribution in [1.82, 2.24) is 14.9 Å². The van der Waals surface area contributed by atoms with E-state index in [0.29, 0.717) is 24.8 Å². The third-order valence-corrected chi connectivity index (χ3v) is 5.55. The highest BCUT2D eigenvalue weighted by molar-refractivity contribution is 5.32. The number of rotatable bonds is 3. The van der Waals surface area contributed by atoms with Crippen molar-refractivity contribution >= 4 is 0 Å². The molecule has 2 N–H and O–H groups in total. The number of nitrogens with zero attached hydrogens (tertiary/aromatic N) is 2. The van der Waals surface area contributed by atoms with Crippen LogP contribution in [0, 0.1) is 0 Å². The molecule has 5 heteroatoms. The van der Waals surface area contributed by atoms with Crippen molar-refractivity contribution in [2.45, 2.75) is 57.5 Å². The predicted molar refractivity (Wildman–Crippen MR) is 96.6 cm³/mol. The van der Waals surface area contributed by atoms with Crippen LogP contribution in [0.3, 0.4) is 0 Å². The van der Waals surface area contributed by atoms with Gasteiger partial charge in [0.1, 0.15) is 11.6 Å².